The largest absolute Gasteiger partial charge is 0.310 e. The Morgan fingerprint density at radius 3 is 2.71 bits per heavy atom. The van der Waals surface area contributed by atoms with Crippen LogP contribution in [0.5, 0.6) is 0 Å². The van der Waals surface area contributed by atoms with Gasteiger partial charge in [-0.3, -0.25) is 4.98 Å². The molecule has 90 valence electrons. The highest BCUT2D eigenvalue weighted by atomic mass is 35.5. The van der Waals surface area contributed by atoms with Crippen molar-refractivity contribution in [2.75, 3.05) is 6.54 Å². The fourth-order valence-electron chi connectivity index (χ4n) is 1.79. The average Bonchev–Trinajstić information content (AvgIpc) is 2.82. The number of benzene rings is 1. The Morgan fingerprint density at radius 2 is 2.12 bits per heavy atom. The number of hydrogen-bond acceptors (Lipinski definition) is 3. The predicted octanol–water partition coefficient (Wildman–Crippen LogP) is 3.69. The second kappa shape index (κ2) is 6.15. The number of aromatic nitrogens is 1. The van der Waals surface area contributed by atoms with E-state index in [0.29, 0.717) is 6.04 Å². The quantitative estimate of drug-likeness (QED) is 0.893. The summed E-state index contributed by atoms with van der Waals surface area (Å²) in [6, 6.07) is 8.37. The first-order valence-corrected chi connectivity index (χ1v) is 6.91. The van der Waals surface area contributed by atoms with E-state index in [1.54, 1.807) is 11.3 Å². The van der Waals surface area contributed by atoms with Crippen LogP contribution in [0.25, 0.3) is 0 Å². The van der Waals surface area contributed by atoms with Crippen molar-refractivity contribution in [1.82, 2.24) is 10.3 Å². The molecular weight excluding hydrogens is 252 g/mol. The Morgan fingerprint density at radius 1 is 1.35 bits per heavy atom. The number of rotatable bonds is 5. The fourth-order valence-corrected chi connectivity index (χ4v) is 2.56. The molecule has 0 aliphatic carbocycles. The van der Waals surface area contributed by atoms with Crippen LogP contribution in [0.3, 0.4) is 0 Å². The van der Waals surface area contributed by atoms with E-state index in [0.717, 1.165) is 18.0 Å². The van der Waals surface area contributed by atoms with Gasteiger partial charge in [0.1, 0.15) is 0 Å². The van der Waals surface area contributed by atoms with E-state index in [-0.39, 0.29) is 0 Å². The van der Waals surface area contributed by atoms with Gasteiger partial charge in [0, 0.05) is 28.6 Å². The van der Waals surface area contributed by atoms with E-state index in [9.17, 15) is 0 Å². The number of likely N-dealkylation sites (N-methyl/N-ethyl adjacent to an activating group) is 1. The highest BCUT2D eigenvalue weighted by molar-refractivity contribution is 7.09. The summed E-state index contributed by atoms with van der Waals surface area (Å²) >= 11 is 7.61. The zero-order chi connectivity index (χ0) is 12.1. The molecule has 0 saturated carbocycles. The molecule has 1 aromatic carbocycles. The molecule has 4 heteroatoms. The Balaban J connectivity index is 2.13. The van der Waals surface area contributed by atoms with E-state index >= 15 is 0 Å². The van der Waals surface area contributed by atoms with Gasteiger partial charge in [0.05, 0.1) is 5.51 Å². The zero-order valence-electron chi connectivity index (χ0n) is 9.69. The second-order valence-electron chi connectivity index (χ2n) is 3.83. The van der Waals surface area contributed by atoms with Crippen molar-refractivity contribution >= 4 is 22.9 Å². The topological polar surface area (TPSA) is 24.9 Å². The van der Waals surface area contributed by atoms with Gasteiger partial charge in [0.25, 0.3) is 0 Å². The van der Waals surface area contributed by atoms with Gasteiger partial charge in [0.15, 0.2) is 0 Å². The lowest BCUT2D eigenvalue weighted by molar-refractivity contribution is 0.553. The second-order valence-corrected chi connectivity index (χ2v) is 5.24. The summed E-state index contributed by atoms with van der Waals surface area (Å²) in [5.74, 6) is 0. The molecule has 17 heavy (non-hydrogen) atoms. The first kappa shape index (κ1) is 12.6. The third-order valence-corrected chi connectivity index (χ3v) is 3.67. The van der Waals surface area contributed by atoms with Crippen molar-refractivity contribution in [3.05, 3.63) is 51.4 Å². The van der Waals surface area contributed by atoms with E-state index in [1.807, 2.05) is 23.8 Å². The highest BCUT2D eigenvalue weighted by Crippen LogP contribution is 2.21. The summed E-state index contributed by atoms with van der Waals surface area (Å²) in [6.45, 7) is 3.07. The molecule has 1 aromatic heterocycles. The number of thiazole rings is 1. The summed E-state index contributed by atoms with van der Waals surface area (Å²) in [7, 11) is 0. The maximum absolute atomic E-state index is 5.91. The van der Waals surface area contributed by atoms with Crippen molar-refractivity contribution in [2.45, 2.75) is 19.4 Å². The molecule has 2 nitrogen and oxygen atoms in total. The van der Waals surface area contributed by atoms with Crippen molar-refractivity contribution in [2.24, 2.45) is 0 Å². The van der Waals surface area contributed by atoms with E-state index in [4.69, 9.17) is 11.6 Å². The Labute approximate surface area is 111 Å². The van der Waals surface area contributed by atoms with Gasteiger partial charge in [-0.15, -0.1) is 11.3 Å². The van der Waals surface area contributed by atoms with Crippen LogP contribution in [0, 0.1) is 0 Å². The minimum atomic E-state index is 0.331. The molecule has 0 radical (unpaired) electrons. The number of hydrogen-bond donors (Lipinski definition) is 1. The smallest absolute Gasteiger partial charge is 0.0794 e. The molecule has 1 atom stereocenters. The predicted molar refractivity (Wildman–Crippen MR) is 73.7 cm³/mol. The van der Waals surface area contributed by atoms with Crippen LogP contribution >= 0.6 is 22.9 Å². The van der Waals surface area contributed by atoms with Crippen molar-refractivity contribution in [1.29, 1.82) is 0 Å². The van der Waals surface area contributed by atoms with E-state index in [1.165, 1.54) is 10.4 Å². The summed E-state index contributed by atoms with van der Waals surface area (Å²) in [6.07, 6.45) is 2.91. The third kappa shape index (κ3) is 3.53. The van der Waals surface area contributed by atoms with Crippen LogP contribution in [0.2, 0.25) is 5.02 Å². The van der Waals surface area contributed by atoms with Gasteiger partial charge in [-0.05, 0) is 24.2 Å². The van der Waals surface area contributed by atoms with Gasteiger partial charge < -0.3 is 5.32 Å². The molecule has 0 saturated heterocycles. The molecule has 1 heterocycles. The molecule has 1 unspecified atom stereocenters. The third-order valence-electron chi connectivity index (χ3n) is 2.61. The minimum absolute atomic E-state index is 0.331. The molecule has 0 aliphatic heterocycles. The molecule has 0 aliphatic rings. The molecule has 0 amide bonds. The SMILES string of the molecule is CCNC(Cc1cncs1)c1ccc(Cl)cc1. The molecule has 2 rings (SSSR count). The fraction of sp³-hybridized carbons (Fsp3) is 0.308. The lowest BCUT2D eigenvalue weighted by atomic mass is 10.0. The lowest BCUT2D eigenvalue weighted by Gasteiger charge is -2.17. The Bertz CT molecular complexity index is 439. The van der Waals surface area contributed by atoms with Crippen LogP contribution in [-0.2, 0) is 6.42 Å². The summed E-state index contributed by atoms with van der Waals surface area (Å²) in [5, 5.41) is 4.27. The molecular formula is C13H15ClN2S. The first-order valence-electron chi connectivity index (χ1n) is 5.66. The maximum atomic E-state index is 5.91. The van der Waals surface area contributed by atoms with Gasteiger partial charge in [-0.25, -0.2) is 0 Å². The van der Waals surface area contributed by atoms with Gasteiger partial charge in [-0.2, -0.15) is 0 Å². The van der Waals surface area contributed by atoms with Gasteiger partial charge in [0.2, 0.25) is 0 Å². The highest BCUT2D eigenvalue weighted by Gasteiger charge is 2.11. The number of nitrogens with zero attached hydrogens (tertiary/aromatic N) is 1. The van der Waals surface area contributed by atoms with Crippen molar-refractivity contribution < 1.29 is 0 Å². The first-order chi connectivity index (χ1) is 8.29. The van der Waals surface area contributed by atoms with Gasteiger partial charge >= 0.3 is 0 Å². The van der Waals surface area contributed by atoms with Crippen LogP contribution in [-0.4, -0.2) is 11.5 Å². The maximum Gasteiger partial charge on any atom is 0.0794 e. The lowest BCUT2D eigenvalue weighted by Crippen LogP contribution is -2.22. The van der Waals surface area contributed by atoms with Crippen LogP contribution in [0.15, 0.2) is 36.0 Å². The van der Waals surface area contributed by atoms with E-state index < -0.39 is 0 Å². The van der Waals surface area contributed by atoms with Crippen LogP contribution in [0.1, 0.15) is 23.4 Å². The normalized spacial score (nSPS) is 12.6. The Kier molecular flexibility index (Phi) is 4.54. The number of nitrogens with one attached hydrogen (secondary N) is 1. The molecule has 0 bridgehead atoms. The zero-order valence-corrected chi connectivity index (χ0v) is 11.3. The van der Waals surface area contributed by atoms with Crippen molar-refractivity contribution in [3.8, 4) is 0 Å². The average molecular weight is 267 g/mol. The Hall–Kier alpha value is -0.900. The molecule has 0 spiro atoms. The minimum Gasteiger partial charge on any atom is -0.310 e. The van der Waals surface area contributed by atoms with E-state index in [2.05, 4.69) is 29.4 Å². The molecule has 0 fully saturated rings. The van der Waals surface area contributed by atoms with Crippen molar-refractivity contribution in [3.63, 3.8) is 0 Å². The molecule has 2 aromatic rings. The molecule has 1 N–H and O–H groups in total. The summed E-state index contributed by atoms with van der Waals surface area (Å²) in [4.78, 5) is 5.41. The summed E-state index contributed by atoms with van der Waals surface area (Å²) < 4.78 is 0. The van der Waals surface area contributed by atoms with Gasteiger partial charge in [-0.1, -0.05) is 30.7 Å². The number of halogens is 1. The monoisotopic (exact) mass is 266 g/mol. The summed E-state index contributed by atoms with van der Waals surface area (Å²) in [5.41, 5.74) is 3.14. The standard InChI is InChI=1S/C13H15ClN2S/c1-2-16-13(7-12-8-15-9-17-12)10-3-5-11(14)6-4-10/h3-6,8-9,13,16H,2,7H2,1H3. The van der Waals surface area contributed by atoms with Crippen LogP contribution < -0.4 is 5.32 Å². The van der Waals surface area contributed by atoms with Crippen LogP contribution in [0.4, 0.5) is 0 Å².